The molecule has 4 rings (SSSR count). The normalized spacial score (nSPS) is 15.8. The smallest absolute Gasteiger partial charge is 0.417 e. The van der Waals surface area contributed by atoms with Gasteiger partial charge >= 0.3 is 11.8 Å². The lowest BCUT2D eigenvalue weighted by atomic mass is 9.88. The van der Waals surface area contributed by atoms with E-state index in [-0.39, 0.29) is 6.61 Å². The summed E-state index contributed by atoms with van der Waals surface area (Å²) in [5, 5.41) is 20.7. The largest absolute Gasteiger partial charge is 0.493 e. The van der Waals surface area contributed by atoms with Crippen LogP contribution in [0.25, 0.3) is 11.0 Å². The molecule has 0 atom stereocenters. The van der Waals surface area contributed by atoms with Crippen LogP contribution in [-0.4, -0.2) is 30.4 Å². The zero-order valence-corrected chi connectivity index (χ0v) is 18.5. The summed E-state index contributed by atoms with van der Waals surface area (Å²) in [6.45, 7) is 2.83. The van der Waals surface area contributed by atoms with E-state index < -0.39 is 28.5 Å². The number of rotatable bonds is 5. The van der Waals surface area contributed by atoms with Crippen LogP contribution >= 0.6 is 0 Å². The number of piperidine rings is 1. The molecule has 9 heteroatoms. The number of ether oxygens (including phenoxy) is 1. The molecule has 0 amide bonds. The van der Waals surface area contributed by atoms with Crippen molar-refractivity contribution in [3.05, 3.63) is 69.6 Å². The quantitative estimate of drug-likeness (QED) is 0.538. The highest BCUT2D eigenvalue weighted by atomic mass is 19.4. The van der Waals surface area contributed by atoms with Gasteiger partial charge < -0.3 is 19.2 Å². The fourth-order valence-corrected chi connectivity index (χ4v) is 4.24. The Labute approximate surface area is 193 Å². The van der Waals surface area contributed by atoms with Crippen LogP contribution in [0.2, 0.25) is 0 Å². The Kier molecular flexibility index (Phi) is 6.28. The first-order chi connectivity index (χ1) is 16.1. The van der Waals surface area contributed by atoms with E-state index >= 15 is 0 Å². The zero-order valence-electron chi connectivity index (χ0n) is 18.5. The number of hydrogen-bond acceptors (Lipinski definition) is 6. The van der Waals surface area contributed by atoms with E-state index in [0.29, 0.717) is 49.4 Å². The first-order valence-corrected chi connectivity index (χ1v) is 10.8. The van der Waals surface area contributed by atoms with Gasteiger partial charge in [-0.2, -0.15) is 18.4 Å². The molecule has 1 aliphatic rings. The molecule has 1 saturated heterocycles. The molecule has 178 valence electrons. The molecule has 3 aromatic rings. The fraction of sp³-hybridized carbons (Fsp3) is 0.360. The zero-order chi connectivity index (χ0) is 24.5. The van der Waals surface area contributed by atoms with Crippen LogP contribution in [0.5, 0.6) is 5.75 Å². The van der Waals surface area contributed by atoms with Crippen molar-refractivity contribution in [1.82, 2.24) is 0 Å². The van der Waals surface area contributed by atoms with Gasteiger partial charge in [0, 0.05) is 36.7 Å². The maximum atomic E-state index is 13.3. The molecule has 0 bridgehead atoms. The molecule has 0 saturated carbocycles. The van der Waals surface area contributed by atoms with Gasteiger partial charge in [-0.25, -0.2) is 4.79 Å². The second-order valence-corrected chi connectivity index (χ2v) is 8.56. The lowest BCUT2D eigenvalue weighted by Crippen LogP contribution is -2.45. The van der Waals surface area contributed by atoms with Gasteiger partial charge in [-0.05, 0) is 61.7 Å². The molecule has 1 aromatic heterocycles. The van der Waals surface area contributed by atoms with Crippen LogP contribution in [0.1, 0.15) is 36.0 Å². The number of aliphatic hydroxyl groups is 1. The van der Waals surface area contributed by atoms with Gasteiger partial charge in [0.1, 0.15) is 11.3 Å². The monoisotopic (exact) mass is 472 g/mol. The maximum absolute atomic E-state index is 13.3. The molecule has 1 aliphatic heterocycles. The number of anilines is 1. The average molecular weight is 472 g/mol. The van der Waals surface area contributed by atoms with Crippen LogP contribution in [0.3, 0.4) is 0 Å². The van der Waals surface area contributed by atoms with Crippen LogP contribution in [0.4, 0.5) is 18.9 Å². The SMILES string of the molecule is Cc1cc(=O)oc2ccc(OCCC3(O)CCN(c4ccc(C#N)c(C(F)(F)F)c4)CC3)cc12. The van der Waals surface area contributed by atoms with Crippen molar-refractivity contribution in [2.24, 2.45) is 0 Å². The van der Waals surface area contributed by atoms with Gasteiger partial charge in [-0.3, -0.25) is 0 Å². The number of nitriles is 1. The van der Waals surface area contributed by atoms with Crippen molar-refractivity contribution >= 4 is 16.7 Å². The highest BCUT2D eigenvalue weighted by Crippen LogP contribution is 2.36. The molecule has 2 heterocycles. The van der Waals surface area contributed by atoms with Gasteiger partial charge in [0.2, 0.25) is 0 Å². The second kappa shape index (κ2) is 9.03. The summed E-state index contributed by atoms with van der Waals surface area (Å²) >= 11 is 0. The van der Waals surface area contributed by atoms with Gasteiger partial charge in [-0.1, -0.05) is 0 Å². The van der Waals surface area contributed by atoms with Crippen LogP contribution in [-0.2, 0) is 6.18 Å². The van der Waals surface area contributed by atoms with E-state index in [2.05, 4.69) is 0 Å². The number of nitrogens with zero attached hydrogens (tertiary/aromatic N) is 2. The number of hydrogen-bond donors (Lipinski definition) is 1. The van der Waals surface area contributed by atoms with Gasteiger partial charge in [0.15, 0.2) is 0 Å². The van der Waals surface area contributed by atoms with Crippen molar-refractivity contribution in [3.8, 4) is 11.8 Å². The molecule has 1 fully saturated rings. The topological polar surface area (TPSA) is 86.7 Å². The molecule has 0 unspecified atom stereocenters. The Morgan fingerprint density at radius 1 is 1.18 bits per heavy atom. The summed E-state index contributed by atoms with van der Waals surface area (Å²) in [7, 11) is 0. The van der Waals surface area contributed by atoms with Crippen LogP contribution in [0, 0.1) is 18.3 Å². The molecule has 6 nitrogen and oxygen atoms in total. The predicted molar refractivity (Wildman–Crippen MR) is 120 cm³/mol. The maximum Gasteiger partial charge on any atom is 0.417 e. The predicted octanol–water partition coefficient (Wildman–Crippen LogP) is 4.79. The highest BCUT2D eigenvalue weighted by molar-refractivity contribution is 5.81. The molecule has 0 radical (unpaired) electrons. The van der Waals surface area contributed by atoms with Crippen LogP contribution < -0.4 is 15.3 Å². The summed E-state index contributed by atoms with van der Waals surface area (Å²) in [6, 6.07) is 11.8. The first-order valence-electron chi connectivity index (χ1n) is 10.8. The molecule has 0 spiro atoms. The fourth-order valence-electron chi connectivity index (χ4n) is 4.24. The minimum atomic E-state index is -4.61. The van der Waals surface area contributed by atoms with E-state index in [4.69, 9.17) is 14.4 Å². The molecule has 2 aromatic carbocycles. The minimum Gasteiger partial charge on any atom is -0.493 e. The Balaban J connectivity index is 1.36. The van der Waals surface area contributed by atoms with E-state index in [1.54, 1.807) is 29.2 Å². The average Bonchev–Trinajstić information content (AvgIpc) is 2.79. The van der Waals surface area contributed by atoms with Gasteiger partial charge in [-0.15, -0.1) is 0 Å². The van der Waals surface area contributed by atoms with Crippen molar-refractivity contribution in [1.29, 1.82) is 5.26 Å². The van der Waals surface area contributed by atoms with Crippen molar-refractivity contribution in [2.45, 2.75) is 38.0 Å². The first kappa shape index (κ1) is 23.6. The Bertz CT molecular complexity index is 1300. The number of benzene rings is 2. The summed E-state index contributed by atoms with van der Waals surface area (Å²) < 4.78 is 50.8. The van der Waals surface area contributed by atoms with Crippen molar-refractivity contribution < 1.29 is 27.4 Å². The summed E-state index contributed by atoms with van der Waals surface area (Å²) in [5.41, 5.74) is -1.14. The van der Waals surface area contributed by atoms with Crippen molar-refractivity contribution in [3.63, 3.8) is 0 Å². The van der Waals surface area contributed by atoms with E-state index in [0.717, 1.165) is 17.0 Å². The Morgan fingerprint density at radius 3 is 2.59 bits per heavy atom. The lowest BCUT2D eigenvalue weighted by Gasteiger charge is -2.39. The Morgan fingerprint density at radius 2 is 1.91 bits per heavy atom. The second-order valence-electron chi connectivity index (χ2n) is 8.56. The number of aryl methyl sites for hydroxylation is 1. The summed E-state index contributed by atoms with van der Waals surface area (Å²) in [5.74, 6) is 0.586. The number of alkyl halides is 3. The number of halogens is 3. The van der Waals surface area contributed by atoms with E-state index in [9.17, 15) is 23.1 Å². The molecular weight excluding hydrogens is 449 g/mol. The van der Waals surface area contributed by atoms with Crippen LogP contribution in [0.15, 0.2) is 51.7 Å². The molecule has 1 N–H and O–H groups in total. The van der Waals surface area contributed by atoms with E-state index in [1.807, 2.05) is 6.92 Å². The van der Waals surface area contributed by atoms with Gasteiger partial charge in [0.25, 0.3) is 0 Å². The molecule has 0 aliphatic carbocycles. The Hall–Kier alpha value is -3.51. The standard InChI is InChI=1S/C25H23F3N2O4/c1-16-12-23(31)34-22-5-4-19(14-20(16)22)33-11-8-24(32)6-9-30(10-7-24)18-3-2-17(15-29)21(13-18)25(26,27)28/h2-5,12-14,32H,6-11H2,1H3. The van der Waals surface area contributed by atoms with Crippen molar-refractivity contribution in [2.75, 3.05) is 24.6 Å². The molecular formula is C25H23F3N2O4. The summed E-state index contributed by atoms with van der Waals surface area (Å²) in [6.07, 6.45) is -3.50. The third kappa shape index (κ3) is 5.02. The summed E-state index contributed by atoms with van der Waals surface area (Å²) in [4.78, 5) is 13.3. The number of fused-ring (bicyclic) bond motifs is 1. The minimum absolute atomic E-state index is 0.257. The lowest BCUT2D eigenvalue weighted by molar-refractivity contribution is -0.137. The third-order valence-electron chi connectivity index (χ3n) is 6.25. The van der Waals surface area contributed by atoms with Gasteiger partial charge in [0.05, 0.1) is 29.4 Å². The molecule has 34 heavy (non-hydrogen) atoms. The van der Waals surface area contributed by atoms with E-state index in [1.165, 1.54) is 18.2 Å². The highest BCUT2D eigenvalue weighted by Gasteiger charge is 2.36. The third-order valence-corrected chi connectivity index (χ3v) is 6.25.